The standard InChI is InChI=1S/C28H31FN6O4/c1-18(19-8-10-21(11-9-19)34-15-4-13-30-34)31-27(38)25(36)26(37)28(39)33-14-3-7-24(33)23-12-16-35(32-23)22-6-2-5-20(29)17-22/h2,4-6,8-12,15-18,24-26,30,36-37H,3,7,13-14H2,1H3,(H,31,38)/t18-,24-,25-,26-/m1/s1. The highest BCUT2D eigenvalue weighted by molar-refractivity contribution is 5.91. The molecule has 2 aliphatic heterocycles. The molecule has 1 saturated heterocycles. The molecule has 39 heavy (non-hydrogen) atoms. The van der Waals surface area contributed by atoms with Gasteiger partial charge in [0.25, 0.3) is 11.8 Å². The molecule has 1 aromatic heterocycles. The van der Waals surface area contributed by atoms with Crippen LogP contribution in [-0.2, 0) is 9.59 Å². The SMILES string of the molecule is C[C@@H](NC(=O)[C@H](O)[C@@H](O)C(=O)N1CCC[C@@H]1c1ccn(-c2cccc(F)c2)n1)c1ccc(N2C=CCN2)cc1. The first-order chi connectivity index (χ1) is 18.8. The van der Waals surface area contributed by atoms with Crippen LogP contribution in [0.2, 0.25) is 0 Å². The van der Waals surface area contributed by atoms with Crippen molar-refractivity contribution in [3.8, 4) is 5.69 Å². The van der Waals surface area contributed by atoms with Crippen LogP contribution in [0.4, 0.5) is 10.1 Å². The molecule has 204 valence electrons. The van der Waals surface area contributed by atoms with E-state index in [0.717, 1.165) is 17.8 Å². The fourth-order valence-electron chi connectivity index (χ4n) is 4.91. The normalized spacial score (nSPS) is 19.2. The van der Waals surface area contributed by atoms with Gasteiger partial charge in [0, 0.05) is 25.5 Å². The number of carbonyl (C=O) groups excluding carboxylic acids is 2. The van der Waals surface area contributed by atoms with Gasteiger partial charge in [0.05, 0.1) is 29.2 Å². The van der Waals surface area contributed by atoms with Gasteiger partial charge in [-0.25, -0.2) is 14.5 Å². The Bertz CT molecular complexity index is 1360. The second kappa shape index (κ2) is 11.4. The zero-order valence-electron chi connectivity index (χ0n) is 21.4. The average molecular weight is 535 g/mol. The summed E-state index contributed by atoms with van der Waals surface area (Å²) in [7, 11) is 0. The molecule has 1 fully saturated rings. The molecule has 10 nitrogen and oxygen atoms in total. The monoisotopic (exact) mass is 534 g/mol. The van der Waals surface area contributed by atoms with E-state index in [-0.39, 0.29) is 5.82 Å². The lowest BCUT2D eigenvalue weighted by molar-refractivity contribution is -0.154. The number of aliphatic hydroxyl groups is 2. The first-order valence-corrected chi connectivity index (χ1v) is 12.9. The number of hydrazine groups is 1. The Balaban J connectivity index is 1.20. The fraction of sp³-hybridized carbons (Fsp3) is 0.321. The van der Waals surface area contributed by atoms with Gasteiger partial charge in [0.1, 0.15) is 5.82 Å². The lowest BCUT2D eigenvalue weighted by Gasteiger charge is -2.28. The second-order valence-electron chi connectivity index (χ2n) is 9.68. The predicted molar refractivity (Wildman–Crippen MR) is 142 cm³/mol. The highest BCUT2D eigenvalue weighted by atomic mass is 19.1. The maximum absolute atomic E-state index is 13.6. The van der Waals surface area contributed by atoms with Crippen molar-refractivity contribution in [2.45, 2.75) is 44.1 Å². The fourth-order valence-corrected chi connectivity index (χ4v) is 4.91. The molecule has 0 spiro atoms. The van der Waals surface area contributed by atoms with Gasteiger partial charge in [0.15, 0.2) is 12.2 Å². The predicted octanol–water partition coefficient (Wildman–Crippen LogP) is 2.11. The Kier molecular flexibility index (Phi) is 7.73. The van der Waals surface area contributed by atoms with Crippen molar-refractivity contribution in [1.29, 1.82) is 0 Å². The van der Waals surface area contributed by atoms with Crippen molar-refractivity contribution >= 4 is 17.5 Å². The Morgan fingerprint density at radius 2 is 1.90 bits per heavy atom. The third-order valence-corrected chi connectivity index (χ3v) is 7.04. The topological polar surface area (TPSA) is 123 Å². The summed E-state index contributed by atoms with van der Waals surface area (Å²) in [5, 5.41) is 30.3. The number of aliphatic hydroxyl groups excluding tert-OH is 2. The molecule has 3 aromatic rings. The van der Waals surface area contributed by atoms with Crippen LogP contribution in [-0.4, -0.2) is 62.0 Å². The summed E-state index contributed by atoms with van der Waals surface area (Å²) >= 11 is 0. The van der Waals surface area contributed by atoms with Crippen molar-refractivity contribution in [3.05, 3.63) is 90.1 Å². The van der Waals surface area contributed by atoms with Gasteiger partial charge in [-0.05, 0) is 61.7 Å². The number of nitrogens with zero attached hydrogens (tertiary/aromatic N) is 4. The second-order valence-corrected chi connectivity index (χ2v) is 9.68. The first kappa shape index (κ1) is 26.5. The number of carbonyl (C=O) groups is 2. The molecule has 5 rings (SSSR count). The molecular formula is C28H31FN6O4. The molecule has 4 N–H and O–H groups in total. The van der Waals surface area contributed by atoms with Crippen LogP contribution in [0, 0.1) is 5.82 Å². The van der Waals surface area contributed by atoms with Crippen LogP contribution in [0.1, 0.15) is 43.1 Å². The lowest BCUT2D eigenvalue weighted by atomic mass is 10.1. The van der Waals surface area contributed by atoms with Crippen molar-refractivity contribution in [1.82, 2.24) is 25.4 Å². The molecule has 11 heteroatoms. The Morgan fingerprint density at radius 1 is 1.10 bits per heavy atom. The Labute approximate surface area is 225 Å². The number of aromatic nitrogens is 2. The number of amides is 2. The highest BCUT2D eigenvalue weighted by Gasteiger charge is 2.39. The number of nitrogens with one attached hydrogen (secondary N) is 2. The van der Waals surface area contributed by atoms with E-state index in [1.54, 1.807) is 31.3 Å². The molecule has 3 heterocycles. The van der Waals surface area contributed by atoms with E-state index in [9.17, 15) is 24.2 Å². The molecule has 2 aromatic carbocycles. The minimum atomic E-state index is -1.94. The molecular weight excluding hydrogens is 503 g/mol. The third kappa shape index (κ3) is 5.70. The van der Waals surface area contributed by atoms with Crippen LogP contribution < -0.4 is 15.8 Å². The number of likely N-dealkylation sites (tertiary alicyclic amines) is 1. The third-order valence-electron chi connectivity index (χ3n) is 7.04. The van der Waals surface area contributed by atoms with Gasteiger partial charge in [0.2, 0.25) is 0 Å². The minimum absolute atomic E-state index is 0.353. The molecule has 4 atom stereocenters. The number of hydrogen-bond acceptors (Lipinski definition) is 7. The molecule has 2 aliphatic rings. The van der Waals surface area contributed by atoms with E-state index in [1.165, 1.54) is 21.7 Å². The molecule has 0 aliphatic carbocycles. The summed E-state index contributed by atoms with van der Waals surface area (Å²) in [5.74, 6) is -1.98. The Morgan fingerprint density at radius 3 is 2.62 bits per heavy atom. The van der Waals surface area contributed by atoms with Crippen LogP contribution >= 0.6 is 0 Å². The smallest absolute Gasteiger partial charge is 0.255 e. The summed E-state index contributed by atoms with van der Waals surface area (Å²) in [6.07, 6.45) is 3.01. The molecule has 0 bridgehead atoms. The zero-order valence-corrected chi connectivity index (χ0v) is 21.4. The molecule has 0 saturated carbocycles. The van der Waals surface area contributed by atoms with Crippen molar-refractivity contribution in [3.63, 3.8) is 0 Å². The first-order valence-electron chi connectivity index (χ1n) is 12.9. The molecule has 2 amide bonds. The number of hydrogen-bond donors (Lipinski definition) is 4. The summed E-state index contributed by atoms with van der Waals surface area (Å²) in [5.41, 5.74) is 6.03. The average Bonchev–Trinajstić information content (AvgIpc) is 3.73. The van der Waals surface area contributed by atoms with Crippen LogP contribution in [0.25, 0.3) is 5.69 Å². The number of rotatable bonds is 8. The van der Waals surface area contributed by atoms with Crippen LogP contribution in [0.5, 0.6) is 0 Å². The zero-order chi connectivity index (χ0) is 27.5. The summed E-state index contributed by atoms with van der Waals surface area (Å²) in [4.78, 5) is 27.3. The minimum Gasteiger partial charge on any atom is -0.380 e. The number of anilines is 1. The van der Waals surface area contributed by atoms with E-state index >= 15 is 0 Å². The molecule has 0 radical (unpaired) electrons. The summed E-state index contributed by atoms with van der Waals surface area (Å²) < 4.78 is 15.1. The summed E-state index contributed by atoms with van der Waals surface area (Å²) in [6, 6.07) is 14.4. The van der Waals surface area contributed by atoms with Gasteiger partial charge in [-0.1, -0.05) is 24.3 Å². The van der Waals surface area contributed by atoms with E-state index in [1.807, 2.05) is 41.6 Å². The van der Waals surface area contributed by atoms with E-state index in [0.29, 0.717) is 30.8 Å². The van der Waals surface area contributed by atoms with Crippen LogP contribution in [0.3, 0.4) is 0 Å². The highest BCUT2D eigenvalue weighted by Crippen LogP contribution is 2.32. The van der Waals surface area contributed by atoms with E-state index in [2.05, 4.69) is 15.8 Å². The summed E-state index contributed by atoms with van der Waals surface area (Å²) in [6.45, 7) is 2.86. The van der Waals surface area contributed by atoms with Crippen molar-refractivity contribution in [2.75, 3.05) is 18.1 Å². The van der Waals surface area contributed by atoms with E-state index < -0.39 is 36.1 Å². The number of halogens is 1. The molecule has 0 unspecified atom stereocenters. The lowest BCUT2D eigenvalue weighted by Crippen LogP contribution is -2.51. The maximum Gasteiger partial charge on any atom is 0.255 e. The van der Waals surface area contributed by atoms with Gasteiger partial charge >= 0.3 is 0 Å². The largest absolute Gasteiger partial charge is 0.380 e. The van der Waals surface area contributed by atoms with Crippen LogP contribution in [0.15, 0.2) is 73.1 Å². The Hall–Kier alpha value is -4.06. The quantitative estimate of drug-likeness (QED) is 0.349. The van der Waals surface area contributed by atoms with E-state index in [4.69, 9.17) is 0 Å². The van der Waals surface area contributed by atoms with Gasteiger partial charge in [-0.3, -0.25) is 14.6 Å². The van der Waals surface area contributed by atoms with Crippen molar-refractivity contribution in [2.24, 2.45) is 0 Å². The van der Waals surface area contributed by atoms with Gasteiger partial charge < -0.3 is 20.4 Å². The van der Waals surface area contributed by atoms with Gasteiger partial charge in [-0.15, -0.1) is 0 Å². The van der Waals surface area contributed by atoms with Crippen molar-refractivity contribution < 1.29 is 24.2 Å². The maximum atomic E-state index is 13.6. The number of benzene rings is 2. The van der Waals surface area contributed by atoms with Gasteiger partial charge in [-0.2, -0.15) is 5.10 Å².